The summed E-state index contributed by atoms with van der Waals surface area (Å²) in [6.45, 7) is 3.02. The molecule has 3 unspecified atom stereocenters. The van der Waals surface area contributed by atoms with Gasteiger partial charge >= 0.3 is 0 Å². The average Bonchev–Trinajstić information content (AvgIpc) is 2.84. The predicted molar refractivity (Wildman–Crippen MR) is 71.1 cm³/mol. The second-order valence-electron chi connectivity index (χ2n) is 5.00. The third-order valence-electron chi connectivity index (χ3n) is 3.90. The van der Waals surface area contributed by atoms with Crippen molar-refractivity contribution in [2.24, 2.45) is 5.92 Å². The van der Waals surface area contributed by atoms with Crippen molar-refractivity contribution in [1.82, 2.24) is 5.32 Å². The molecule has 0 aromatic heterocycles. The van der Waals surface area contributed by atoms with Crippen molar-refractivity contribution < 1.29 is 9.13 Å². The molecule has 0 spiro atoms. The molecular weight excluding hydrogens is 229 g/mol. The van der Waals surface area contributed by atoms with Crippen LogP contribution in [0.3, 0.4) is 0 Å². The molecule has 0 aliphatic carbocycles. The van der Waals surface area contributed by atoms with Gasteiger partial charge < -0.3 is 10.1 Å². The van der Waals surface area contributed by atoms with Gasteiger partial charge in [0.25, 0.3) is 0 Å². The van der Waals surface area contributed by atoms with Crippen molar-refractivity contribution in [2.45, 2.75) is 38.3 Å². The smallest absolute Gasteiger partial charge is 0.123 e. The molecule has 1 heterocycles. The Labute approximate surface area is 109 Å². The van der Waals surface area contributed by atoms with Crippen LogP contribution < -0.4 is 5.32 Å². The average molecular weight is 251 g/mol. The fraction of sp³-hybridized carbons (Fsp3) is 0.600. The number of hydrogen-bond acceptors (Lipinski definition) is 2. The zero-order valence-corrected chi connectivity index (χ0v) is 11.2. The highest BCUT2D eigenvalue weighted by atomic mass is 19.1. The van der Waals surface area contributed by atoms with Gasteiger partial charge in [-0.15, -0.1) is 0 Å². The minimum atomic E-state index is -0.155. The van der Waals surface area contributed by atoms with Crippen molar-refractivity contribution in [1.29, 1.82) is 0 Å². The molecule has 0 radical (unpaired) electrons. The highest BCUT2D eigenvalue weighted by molar-refractivity contribution is 5.18. The summed E-state index contributed by atoms with van der Waals surface area (Å²) in [6.07, 6.45) is 3.35. The second kappa shape index (κ2) is 6.30. The topological polar surface area (TPSA) is 21.3 Å². The lowest BCUT2D eigenvalue weighted by Crippen LogP contribution is -2.39. The summed E-state index contributed by atoms with van der Waals surface area (Å²) in [4.78, 5) is 0. The summed E-state index contributed by atoms with van der Waals surface area (Å²) >= 11 is 0. The summed E-state index contributed by atoms with van der Waals surface area (Å²) in [5.74, 6) is 0.375. The highest BCUT2D eigenvalue weighted by Gasteiger charge is 2.32. The van der Waals surface area contributed by atoms with Crippen molar-refractivity contribution >= 4 is 0 Å². The Morgan fingerprint density at radius 1 is 1.50 bits per heavy atom. The zero-order chi connectivity index (χ0) is 13.0. The van der Waals surface area contributed by atoms with E-state index in [0.717, 1.165) is 31.4 Å². The van der Waals surface area contributed by atoms with Gasteiger partial charge in [-0.25, -0.2) is 4.39 Å². The summed E-state index contributed by atoms with van der Waals surface area (Å²) in [5, 5.41) is 3.37. The molecule has 1 saturated heterocycles. The van der Waals surface area contributed by atoms with Crippen LogP contribution in [0, 0.1) is 11.7 Å². The number of ether oxygens (including phenoxy) is 1. The van der Waals surface area contributed by atoms with Gasteiger partial charge in [0.15, 0.2) is 0 Å². The van der Waals surface area contributed by atoms with E-state index in [1.54, 1.807) is 12.1 Å². The Kier molecular flexibility index (Phi) is 4.72. The molecule has 1 fully saturated rings. The standard InChI is InChI=1S/C15H22FNO/c1-3-15-13(7-8-18-15)14(17-2)10-11-5-4-6-12(16)9-11/h4-6,9,13-15,17H,3,7-8,10H2,1-2H3. The lowest BCUT2D eigenvalue weighted by Gasteiger charge is -2.27. The van der Waals surface area contributed by atoms with Crippen LogP contribution in [0.4, 0.5) is 4.39 Å². The minimum absolute atomic E-state index is 0.155. The molecule has 0 bridgehead atoms. The monoisotopic (exact) mass is 251 g/mol. The molecule has 0 saturated carbocycles. The van der Waals surface area contributed by atoms with Gasteiger partial charge in [0.1, 0.15) is 5.82 Å². The van der Waals surface area contributed by atoms with Crippen LogP contribution in [-0.4, -0.2) is 25.8 Å². The van der Waals surface area contributed by atoms with Gasteiger partial charge in [-0.2, -0.15) is 0 Å². The van der Waals surface area contributed by atoms with Crippen molar-refractivity contribution in [3.63, 3.8) is 0 Å². The van der Waals surface area contributed by atoms with Gasteiger partial charge in [0.2, 0.25) is 0 Å². The number of rotatable bonds is 5. The third kappa shape index (κ3) is 3.09. The van der Waals surface area contributed by atoms with Crippen LogP contribution in [0.15, 0.2) is 24.3 Å². The summed E-state index contributed by atoms with van der Waals surface area (Å²) in [7, 11) is 1.98. The Hall–Kier alpha value is -0.930. The Morgan fingerprint density at radius 2 is 2.33 bits per heavy atom. The highest BCUT2D eigenvalue weighted by Crippen LogP contribution is 2.28. The maximum atomic E-state index is 13.2. The lowest BCUT2D eigenvalue weighted by atomic mass is 9.87. The molecule has 1 aliphatic rings. The van der Waals surface area contributed by atoms with Crippen LogP contribution in [-0.2, 0) is 11.2 Å². The summed E-state index contributed by atoms with van der Waals surface area (Å²) in [6, 6.07) is 7.25. The molecule has 3 heteroatoms. The molecular formula is C15H22FNO. The Balaban J connectivity index is 2.05. The maximum absolute atomic E-state index is 13.2. The molecule has 100 valence electrons. The first-order valence-corrected chi connectivity index (χ1v) is 6.78. The number of halogens is 1. The van der Waals surface area contributed by atoms with E-state index in [0.29, 0.717) is 18.1 Å². The van der Waals surface area contributed by atoms with Crippen LogP contribution in [0.2, 0.25) is 0 Å². The first kappa shape index (κ1) is 13.5. The second-order valence-corrected chi connectivity index (χ2v) is 5.00. The summed E-state index contributed by atoms with van der Waals surface area (Å²) < 4.78 is 18.9. The molecule has 1 aliphatic heterocycles. The molecule has 2 rings (SSSR count). The van der Waals surface area contributed by atoms with Crippen molar-refractivity contribution in [3.05, 3.63) is 35.6 Å². The van der Waals surface area contributed by atoms with Crippen LogP contribution >= 0.6 is 0 Å². The third-order valence-corrected chi connectivity index (χ3v) is 3.90. The molecule has 0 amide bonds. The van der Waals surface area contributed by atoms with E-state index in [2.05, 4.69) is 12.2 Å². The molecule has 1 aromatic carbocycles. The van der Waals surface area contributed by atoms with E-state index in [-0.39, 0.29) is 5.82 Å². The first-order valence-electron chi connectivity index (χ1n) is 6.78. The van der Waals surface area contributed by atoms with Gasteiger partial charge in [-0.3, -0.25) is 0 Å². The first-order chi connectivity index (χ1) is 8.74. The SMILES string of the molecule is CCC1OCCC1C(Cc1cccc(F)c1)NC. The van der Waals surface area contributed by atoms with E-state index >= 15 is 0 Å². The van der Waals surface area contributed by atoms with E-state index in [9.17, 15) is 4.39 Å². The van der Waals surface area contributed by atoms with Crippen LogP contribution in [0.1, 0.15) is 25.3 Å². The molecule has 1 aromatic rings. The maximum Gasteiger partial charge on any atom is 0.123 e. The number of likely N-dealkylation sites (N-methyl/N-ethyl adjacent to an activating group) is 1. The fourth-order valence-electron chi connectivity index (χ4n) is 2.93. The number of benzene rings is 1. The minimum Gasteiger partial charge on any atom is -0.378 e. The fourth-order valence-corrected chi connectivity index (χ4v) is 2.93. The molecule has 18 heavy (non-hydrogen) atoms. The van der Waals surface area contributed by atoms with E-state index in [1.165, 1.54) is 6.07 Å². The molecule has 3 atom stereocenters. The number of nitrogens with one attached hydrogen (secondary N) is 1. The Bertz CT molecular complexity index is 383. The van der Waals surface area contributed by atoms with Gasteiger partial charge in [-0.05, 0) is 44.0 Å². The van der Waals surface area contributed by atoms with Gasteiger partial charge in [0.05, 0.1) is 6.10 Å². The van der Waals surface area contributed by atoms with E-state index in [1.807, 2.05) is 13.1 Å². The van der Waals surface area contributed by atoms with Crippen LogP contribution in [0.25, 0.3) is 0 Å². The normalized spacial score (nSPS) is 25.3. The predicted octanol–water partition coefficient (Wildman–Crippen LogP) is 2.77. The van der Waals surface area contributed by atoms with Gasteiger partial charge in [0, 0.05) is 18.6 Å². The quantitative estimate of drug-likeness (QED) is 0.869. The van der Waals surface area contributed by atoms with Crippen LogP contribution in [0.5, 0.6) is 0 Å². The van der Waals surface area contributed by atoms with E-state index in [4.69, 9.17) is 4.74 Å². The number of hydrogen-bond donors (Lipinski definition) is 1. The van der Waals surface area contributed by atoms with Crippen molar-refractivity contribution in [2.75, 3.05) is 13.7 Å². The zero-order valence-electron chi connectivity index (χ0n) is 11.2. The Morgan fingerprint density at radius 3 is 3.00 bits per heavy atom. The lowest BCUT2D eigenvalue weighted by molar-refractivity contribution is 0.0783. The van der Waals surface area contributed by atoms with Crippen molar-refractivity contribution in [3.8, 4) is 0 Å². The molecule has 1 N–H and O–H groups in total. The summed E-state index contributed by atoms with van der Waals surface area (Å²) in [5.41, 5.74) is 1.05. The van der Waals surface area contributed by atoms with Gasteiger partial charge in [-0.1, -0.05) is 19.1 Å². The van der Waals surface area contributed by atoms with E-state index < -0.39 is 0 Å². The largest absolute Gasteiger partial charge is 0.378 e. The molecule has 2 nitrogen and oxygen atoms in total.